The molecule has 7 nitrogen and oxygen atoms in total. The van der Waals surface area contributed by atoms with Crippen LogP contribution >= 0.6 is 0 Å². The molecule has 1 saturated heterocycles. The first-order chi connectivity index (χ1) is 12.2. The number of H-pyrrole nitrogens is 1. The largest absolute Gasteiger partial charge is 0.368 e. The van der Waals surface area contributed by atoms with Gasteiger partial charge in [-0.3, -0.25) is 4.90 Å². The fourth-order valence-corrected chi connectivity index (χ4v) is 3.43. The van der Waals surface area contributed by atoms with E-state index in [0.717, 1.165) is 43.9 Å². The van der Waals surface area contributed by atoms with E-state index < -0.39 is 0 Å². The summed E-state index contributed by atoms with van der Waals surface area (Å²) < 4.78 is 0. The second-order valence-corrected chi connectivity index (χ2v) is 6.59. The number of anilines is 2. The van der Waals surface area contributed by atoms with Crippen molar-refractivity contribution in [2.24, 2.45) is 0 Å². The van der Waals surface area contributed by atoms with E-state index in [4.69, 9.17) is 5.73 Å². The van der Waals surface area contributed by atoms with Crippen molar-refractivity contribution < 1.29 is 0 Å². The molecule has 0 aliphatic carbocycles. The molecule has 0 amide bonds. The van der Waals surface area contributed by atoms with Gasteiger partial charge in [0.05, 0.1) is 6.33 Å². The van der Waals surface area contributed by atoms with Gasteiger partial charge in [0.2, 0.25) is 5.95 Å². The molecular weight excluding hydrogens is 314 g/mol. The fraction of sp³-hybridized carbons (Fsp3) is 0.389. The van der Waals surface area contributed by atoms with E-state index in [1.807, 2.05) is 0 Å². The van der Waals surface area contributed by atoms with E-state index in [2.05, 4.69) is 67.0 Å². The zero-order valence-electron chi connectivity index (χ0n) is 14.4. The van der Waals surface area contributed by atoms with Crippen LogP contribution in [0.3, 0.4) is 0 Å². The maximum absolute atomic E-state index is 5.87. The molecule has 25 heavy (non-hydrogen) atoms. The summed E-state index contributed by atoms with van der Waals surface area (Å²) in [5.74, 6) is 1.13. The number of fused-ring (bicyclic) bond motifs is 1. The molecule has 0 bridgehead atoms. The van der Waals surface area contributed by atoms with Crippen LogP contribution in [0.2, 0.25) is 0 Å². The van der Waals surface area contributed by atoms with Crippen LogP contribution in [-0.4, -0.2) is 50.5 Å². The summed E-state index contributed by atoms with van der Waals surface area (Å²) in [5, 5.41) is 0. The zero-order valence-corrected chi connectivity index (χ0v) is 14.4. The molecule has 7 heteroatoms. The van der Waals surface area contributed by atoms with Crippen LogP contribution in [0.4, 0.5) is 11.8 Å². The first-order valence-corrected chi connectivity index (χ1v) is 8.70. The molecule has 130 valence electrons. The number of imidazole rings is 1. The molecule has 1 aliphatic rings. The van der Waals surface area contributed by atoms with Crippen LogP contribution in [0, 0.1) is 0 Å². The van der Waals surface area contributed by atoms with Crippen LogP contribution in [-0.2, 0) is 6.54 Å². The normalized spacial score (nSPS) is 19.2. The number of hydrogen-bond acceptors (Lipinski definition) is 6. The van der Waals surface area contributed by atoms with Crippen LogP contribution in [0.15, 0.2) is 36.7 Å². The van der Waals surface area contributed by atoms with Crippen molar-refractivity contribution in [3.05, 3.63) is 42.2 Å². The van der Waals surface area contributed by atoms with E-state index in [9.17, 15) is 0 Å². The Hall–Kier alpha value is -2.67. The van der Waals surface area contributed by atoms with Crippen LogP contribution in [0.1, 0.15) is 18.9 Å². The second kappa shape index (κ2) is 6.68. The summed E-state index contributed by atoms with van der Waals surface area (Å²) in [6.45, 7) is 6.10. The summed E-state index contributed by atoms with van der Waals surface area (Å²) in [6, 6.07) is 11.2. The second-order valence-electron chi connectivity index (χ2n) is 6.59. The van der Waals surface area contributed by atoms with Gasteiger partial charge in [-0.2, -0.15) is 9.97 Å². The zero-order chi connectivity index (χ0) is 17.2. The molecule has 0 saturated carbocycles. The highest BCUT2D eigenvalue weighted by Gasteiger charge is 2.23. The van der Waals surface area contributed by atoms with Crippen molar-refractivity contribution in [3.63, 3.8) is 0 Å². The lowest BCUT2D eigenvalue weighted by molar-refractivity contribution is 0.212. The number of aromatic amines is 1. The van der Waals surface area contributed by atoms with E-state index in [1.54, 1.807) is 6.33 Å². The van der Waals surface area contributed by atoms with Crippen molar-refractivity contribution in [2.45, 2.75) is 25.9 Å². The molecule has 0 radical (unpaired) electrons. The Bertz CT molecular complexity index is 845. The molecule has 1 aliphatic heterocycles. The maximum Gasteiger partial charge on any atom is 0.224 e. The van der Waals surface area contributed by atoms with Crippen molar-refractivity contribution in [1.82, 2.24) is 24.8 Å². The summed E-state index contributed by atoms with van der Waals surface area (Å²) >= 11 is 0. The van der Waals surface area contributed by atoms with Gasteiger partial charge >= 0.3 is 0 Å². The smallest absolute Gasteiger partial charge is 0.224 e. The van der Waals surface area contributed by atoms with Crippen LogP contribution in [0.25, 0.3) is 11.2 Å². The number of rotatable bonds is 3. The predicted molar refractivity (Wildman–Crippen MR) is 99.2 cm³/mol. The van der Waals surface area contributed by atoms with Gasteiger partial charge in [-0.25, -0.2) is 4.98 Å². The van der Waals surface area contributed by atoms with Crippen molar-refractivity contribution >= 4 is 22.9 Å². The van der Waals surface area contributed by atoms with Crippen LogP contribution < -0.4 is 10.6 Å². The summed E-state index contributed by atoms with van der Waals surface area (Å²) in [6.07, 6.45) is 2.72. The summed E-state index contributed by atoms with van der Waals surface area (Å²) in [7, 11) is 0. The number of benzene rings is 1. The standard InChI is InChI=1S/C18H23N7/c1-13-7-8-24(9-10-25(13)11-14-5-3-2-4-6-14)17-15-16(21-12-20-15)22-18(19)23-17/h2-6,12-13H,7-11H2,1H3,(H3,19,20,21,22,23)/t13-/m0/s1. The van der Waals surface area contributed by atoms with E-state index in [0.29, 0.717) is 11.7 Å². The molecule has 3 heterocycles. The first-order valence-electron chi connectivity index (χ1n) is 8.70. The highest BCUT2D eigenvalue weighted by Crippen LogP contribution is 2.24. The number of nitrogens with zero attached hydrogens (tertiary/aromatic N) is 5. The Balaban J connectivity index is 1.55. The van der Waals surface area contributed by atoms with Gasteiger partial charge in [0.25, 0.3) is 0 Å². The Morgan fingerprint density at radius 1 is 1.16 bits per heavy atom. The molecular formula is C18H23N7. The minimum absolute atomic E-state index is 0.271. The van der Waals surface area contributed by atoms with E-state index >= 15 is 0 Å². The quantitative estimate of drug-likeness (QED) is 0.760. The Morgan fingerprint density at radius 3 is 2.84 bits per heavy atom. The van der Waals surface area contributed by atoms with Crippen molar-refractivity contribution in [3.8, 4) is 0 Å². The highest BCUT2D eigenvalue weighted by atomic mass is 15.3. The molecule has 3 aromatic rings. The highest BCUT2D eigenvalue weighted by molar-refractivity contribution is 5.84. The topological polar surface area (TPSA) is 87.0 Å². The first kappa shape index (κ1) is 15.8. The summed E-state index contributed by atoms with van der Waals surface area (Å²) in [4.78, 5) is 20.9. The Kier molecular flexibility index (Phi) is 4.23. The monoisotopic (exact) mass is 337 g/mol. The molecule has 4 rings (SSSR count). The Labute approximate surface area is 146 Å². The number of nitrogens with two attached hydrogens (primary N) is 1. The average molecular weight is 337 g/mol. The number of nitrogens with one attached hydrogen (secondary N) is 1. The summed E-state index contributed by atoms with van der Waals surface area (Å²) in [5.41, 5.74) is 8.71. The van der Waals surface area contributed by atoms with E-state index in [1.165, 1.54) is 5.56 Å². The predicted octanol–water partition coefficient (Wildman–Crippen LogP) is 2.04. The fourth-order valence-electron chi connectivity index (χ4n) is 3.43. The van der Waals surface area contributed by atoms with Gasteiger partial charge in [0.15, 0.2) is 11.5 Å². The molecule has 0 spiro atoms. The average Bonchev–Trinajstić information content (AvgIpc) is 3.01. The van der Waals surface area contributed by atoms with Crippen molar-refractivity contribution in [2.75, 3.05) is 30.3 Å². The third-order valence-electron chi connectivity index (χ3n) is 4.91. The molecule has 1 fully saturated rings. The maximum atomic E-state index is 5.87. The molecule has 2 aromatic heterocycles. The van der Waals surface area contributed by atoms with E-state index in [-0.39, 0.29) is 5.95 Å². The third-order valence-corrected chi connectivity index (χ3v) is 4.91. The SMILES string of the molecule is C[C@H]1CCN(c2nc(N)nc3nc[nH]c23)CCN1Cc1ccccc1. The van der Waals surface area contributed by atoms with Gasteiger partial charge in [0, 0.05) is 32.2 Å². The lowest BCUT2D eigenvalue weighted by atomic mass is 10.1. The lowest BCUT2D eigenvalue weighted by Crippen LogP contribution is -2.34. The third kappa shape index (κ3) is 3.28. The minimum atomic E-state index is 0.271. The van der Waals surface area contributed by atoms with Gasteiger partial charge in [0.1, 0.15) is 5.52 Å². The minimum Gasteiger partial charge on any atom is -0.368 e. The number of nitrogen functional groups attached to an aromatic ring is 1. The van der Waals surface area contributed by atoms with Crippen molar-refractivity contribution in [1.29, 1.82) is 0 Å². The molecule has 1 atom stereocenters. The lowest BCUT2D eigenvalue weighted by Gasteiger charge is -2.26. The molecule has 3 N–H and O–H groups in total. The van der Waals surface area contributed by atoms with Gasteiger partial charge in [-0.15, -0.1) is 0 Å². The van der Waals surface area contributed by atoms with Crippen LogP contribution in [0.5, 0.6) is 0 Å². The molecule has 1 aromatic carbocycles. The number of hydrogen-bond donors (Lipinski definition) is 2. The van der Waals surface area contributed by atoms with Gasteiger partial charge in [-0.1, -0.05) is 30.3 Å². The van der Waals surface area contributed by atoms with Gasteiger partial charge in [-0.05, 0) is 18.9 Å². The Morgan fingerprint density at radius 2 is 2.00 bits per heavy atom. The number of aromatic nitrogens is 4. The van der Waals surface area contributed by atoms with Gasteiger partial charge < -0.3 is 15.6 Å². The molecule has 0 unspecified atom stereocenters.